The summed E-state index contributed by atoms with van der Waals surface area (Å²) in [6, 6.07) is 13.3. The number of nitro benzene ring substituents is 1. The van der Waals surface area contributed by atoms with Crippen LogP contribution in [0, 0.1) is 10.1 Å². The SMILES string of the molecule is O=C(O)c1cc(C(=O)N2CCC(OCCCc3ccccc3)C2)cc([N+](=O)[O-])c1. The van der Waals surface area contributed by atoms with E-state index in [-0.39, 0.29) is 17.2 Å². The van der Waals surface area contributed by atoms with Gasteiger partial charge < -0.3 is 14.7 Å². The highest BCUT2D eigenvalue weighted by molar-refractivity contribution is 5.98. The molecule has 152 valence electrons. The monoisotopic (exact) mass is 398 g/mol. The Morgan fingerprint density at radius 3 is 2.59 bits per heavy atom. The minimum atomic E-state index is -1.32. The predicted molar refractivity (Wildman–Crippen MR) is 105 cm³/mol. The molecule has 3 rings (SSSR count). The fourth-order valence-electron chi connectivity index (χ4n) is 3.37. The fraction of sp³-hybridized carbons (Fsp3) is 0.333. The Labute approximate surface area is 167 Å². The third kappa shape index (κ3) is 5.39. The molecule has 1 unspecified atom stereocenters. The van der Waals surface area contributed by atoms with Crippen LogP contribution in [0.4, 0.5) is 5.69 Å². The maximum Gasteiger partial charge on any atom is 0.335 e. The number of nitro groups is 1. The minimum absolute atomic E-state index is 0.00123. The van der Waals surface area contributed by atoms with Crippen molar-refractivity contribution >= 4 is 17.6 Å². The molecule has 0 saturated carbocycles. The molecule has 29 heavy (non-hydrogen) atoms. The molecule has 2 aromatic carbocycles. The normalized spacial score (nSPS) is 16.0. The molecule has 1 fully saturated rings. The zero-order valence-electron chi connectivity index (χ0n) is 15.8. The predicted octanol–water partition coefficient (Wildman–Crippen LogP) is 3.16. The first-order valence-corrected chi connectivity index (χ1v) is 9.41. The van der Waals surface area contributed by atoms with E-state index in [1.165, 1.54) is 11.6 Å². The van der Waals surface area contributed by atoms with Crippen LogP contribution >= 0.6 is 0 Å². The summed E-state index contributed by atoms with van der Waals surface area (Å²) in [5.74, 6) is -1.74. The van der Waals surface area contributed by atoms with Crippen molar-refractivity contribution in [3.8, 4) is 0 Å². The van der Waals surface area contributed by atoms with E-state index in [1.807, 2.05) is 18.2 Å². The lowest BCUT2D eigenvalue weighted by atomic mass is 10.1. The third-order valence-corrected chi connectivity index (χ3v) is 4.86. The molecule has 1 aliphatic rings. The van der Waals surface area contributed by atoms with Gasteiger partial charge in [0.1, 0.15) is 0 Å². The van der Waals surface area contributed by atoms with E-state index in [0.29, 0.717) is 26.1 Å². The number of hydrogen-bond donors (Lipinski definition) is 1. The minimum Gasteiger partial charge on any atom is -0.478 e. The molecule has 0 aromatic heterocycles. The van der Waals surface area contributed by atoms with Gasteiger partial charge in [-0.15, -0.1) is 0 Å². The summed E-state index contributed by atoms with van der Waals surface area (Å²) >= 11 is 0. The zero-order valence-corrected chi connectivity index (χ0v) is 15.8. The van der Waals surface area contributed by atoms with E-state index in [4.69, 9.17) is 9.84 Å². The van der Waals surface area contributed by atoms with Crippen LogP contribution in [-0.4, -0.2) is 52.6 Å². The summed E-state index contributed by atoms with van der Waals surface area (Å²) in [6.45, 7) is 1.43. The maximum atomic E-state index is 12.7. The van der Waals surface area contributed by atoms with Crippen LogP contribution in [0.2, 0.25) is 0 Å². The first kappa shape index (κ1) is 20.5. The number of carbonyl (C=O) groups excluding carboxylic acids is 1. The van der Waals surface area contributed by atoms with Crippen LogP contribution in [-0.2, 0) is 11.2 Å². The Kier molecular flexibility index (Phi) is 6.56. The number of rotatable bonds is 8. The lowest BCUT2D eigenvalue weighted by Gasteiger charge is -2.17. The van der Waals surface area contributed by atoms with Gasteiger partial charge in [-0.3, -0.25) is 14.9 Å². The largest absolute Gasteiger partial charge is 0.478 e. The fourth-order valence-corrected chi connectivity index (χ4v) is 3.37. The number of nitrogens with zero attached hydrogens (tertiary/aromatic N) is 2. The van der Waals surface area contributed by atoms with Crippen LogP contribution in [0.1, 0.15) is 39.1 Å². The first-order valence-electron chi connectivity index (χ1n) is 9.41. The number of aryl methyl sites for hydroxylation is 1. The number of hydrogen-bond acceptors (Lipinski definition) is 5. The van der Waals surface area contributed by atoms with Gasteiger partial charge in [0, 0.05) is 37.4 Å². The molecule has 8 heteroatoms. The van der Waals surface area contributed by atoms with Crippen molar-refractivity contribution in [3.05, 3.63) is 75.3 Å². The van der Waals surface area contributed by atoms with Crippen LogP contribution in [0.25, 0.3) is 0 Å². The van der Waals surface area contributed by atoms with E-state index >= 15 is 0 Å². The molecule has 1 N–H and O–H groups in total. The van der Waals surface area contributed by atoms with Crippen LogP contribution in [0.5, 0.6) is 0 Å². The Morgan fingerprint density at radius 1 is 1.17 bits per heavy atom. The summed E-state index contributed by atoms with van der Waals surface area (Å²) in [4.78, 5) is 35.8. The van der Waals surface area contributed by atoms with Crippen molar-refractivity contribution in [2.75, 3.05) is 19.7 Å². The number of benzene rings is 2. The standard InChI is InChI=1S/C21H22N2O6/c24-20(16-11-17(21(25)26)13-18(12-16)23(27)28)22-9-8-19(14-22)29-10-4-7-15-5-2-1-3-6-15/h1-3,5-6,11-13,19H,4,7-10,14H2,(H,25,26). The average Bonchev–Trinajstić information content (AvgIpc) is 3.20. The van der Waals surface area contributed by atoms with Crippen molar-refractivity contribution in [1.82, 2.24) is 4.90 Å². The van der Waals surface area contributed by atoms with Gasteiger partial charge in [-0.05, 0) is 30.9 Å². The number of amides is 1. The van der Waals surface area contributed by atoms with Crippen LogP contribution in [0.3, 0.4) is 0 Å². The quantitative estimate of drug-likeness (QED) is 0.415. The van der Waals surface area contributed by atoms with E-state index in [9.17, 15) is 19.7 Å². The summed E-state index contributed by atoms with van der Waals surface area (Å²) in [5, 5.41) is 20.2. The maximum absolute atomic E-state index is 12.7. The molecule has 1 atom stereocenters. The molecule has 1 heterocycles. The van der Waals surface area contributed by atoms with Gasteiger partial charge in [0.05, 0.1) is 16.6 Å². The Hall–Kier alpha value is -3.26. The summed E-state index contributed by atoms with van der Waals surface area (Å²) < 4.78 is 5.87. The molecule has 1 aliphatic heterocycles. The average molecular weight is 398 g/mol. The summed E-state index contributed by atoms with van der Waals surface area (Å²) in [6.07, 6.45) is 2.38. The molecule has 0 radical (unpaired) electrons. The molecule has 1 saturated heterocycles. The second-order valence-corrected chi connectivity index (χ2v) is 6.95. The number of aromatic carboxylic acids is 1. The summed E-state index contributed by atoms with van der Waals surface area (Å²) in [7, 11) is 0. The van der Waals surface area contributed by atoms with E-state index < -0.39 is 22.5 Å². The van der Waals surface area contributed by atoms with Gasteiger partial charge in [-0.25, -0.2) is 4.79 Å². The first-order chi connectivity index (χ1) is 13.9. The van der Waals surface area contributed by atoms with Crippen molar-refractivity contribution in [3.63, 3.8) is 0 Å². The van der Waals surface area contributed by atoms with Crippen molar-refractivity contribution < 1.29 is 24.4 Å². The highest BCUT2D eigenvalue weighted by atomic mass is 16.6. The van der Waals surface area contributed by atoms with Crippen molar-refractivity contribution in [2.24, 2.45) is 0 Å². The topological polar surface area (TPSA) is 110 Å². The highest BCUT2D eigenvalue weighted by Gasteiger charge is 2.29. The van der Waals surface area contributed by atoms with E-state index in [2.05, 4.69) is 12.1 Å². The zero-order chi connectivity index (χ0) is 20.8. The number of carbonyl (C=O) groups is 2. The molecule has 1 amide bonds. The molecular formula is C21H22N2O6. The Bertz CT molecular complexity index is 867. The lowest BCUT2D eigenvalue weighted by molar-refractivity contribution is -0.384. The van der Waals surface area contributed by atoms with Gasteiger partial charge in [-0.2, -0.15) is 0 Å². The van der Waals surface area contributed by atoms with Crippen molar-refractivity contribution in [2.45, 2.75) is 25.4 Å². The van der Waals surface area contributed by atoms with Gasteiger partial charge in [-0.1, -0.05) is 30.3 Å². The smallest absolute Gasteiger partial charge is 0.335 e. The Balaban J connectivity index is 1.55. The van der Waals surface area contributed by atoms with E-state index in [0.717, 1.165) is 25.0 Å². The second-order valence-electron chi connectivity index (χ2n) is 6.95. The van der Waals surface area contributed by atoms with Crippen LogP contribution < -0.4 is 0 Å². The third-order valence-electron chi connectivity index (χ3n) is 4.86. The number of carboxylic acids is 1. The second kappa shape index (κ2) is 9.29. The molecule has 8 nitrogen and oxygen atoms in total. The lowest BCUT2D eigenvalue weighted by Crippen LogP contribution is -2.30. The van der Waals surface area contributed by atoms with Crippen molar-refractivity contribution in [1.29, 1.82) is 0 Å². The molecule has 0 aliphatic carbocycles. The highest BCUT2D eigenvalue weighted by Crippen LogP contribution is 2.22. The molecule has 0 bridgehead atoms. The number of carboxylic acid groups (broad SMARTS) is 1. The van der Waals surface area contributed by atoms with Gasteiger partial charge in [0.15, 0.2) is 0 Å². The molecule has 0 spiro atoms. The Morgan fingerprint density at radius 2 is 1.90 bits per heavy atom. The van der Waals surface area contributed by atoms with Gasteiger partial charge >= 0.3 is 5.97 Å². The summed E-state index contributed by atoms with van der Waals surface area (Å²) in [5.41, 5.74) is 0.553. The molecular weight excluding hydrogens is 376 g/mol. The number of non-ortho nitro benzene ring substituents is 1. The number of likely N-dealkylation sites (tertiary alicyclic amines) is 1. The van der Waals surface area contributed by atoms with Gasteiger partial charge in [0.2, 0.25) is 0 Å². The van der Waals surface area contributed by atoms with Gasteiger partial charge in [0.25, 0.3) is 11.6 Å². The number of ether oxygens (including phenoxy) is 1. The molecule has 2 aromatic rings. The van der Waals surface area contributed by atoms with Crippen LogP contribution in [0.15, 0.2) is 48.5 Å². The van der Waals surface area contributed by atoms with E-state index in [1.54, 1.807) is 4.90 Å².